The number of carbonyl (C=O) groups excluding carboxylic acids is 1. The second-order valence-corrected chi connectivity index (χ2v) is 10.7. The van der Waals surface area contributed by atoms with Gasteiger partial charge in [0.25, 0.3) is 15.9 Å². The average molecular weight is 452 g/mol. The Kier molecular flexibility index (Phi) is 7.51. The van der Waals surface area contributed by atoms with Crippen molar-refractivity contribution >= 4 is 33.0 Å². The Hall–Kier alpha value is -1.94. The van der Waals surface area contributed by atoms with Crippen LogP contribution in [0, 0.1) is 0 Å². The van der Waals surface area contributed by atoms with Crippen LogP contribution < -0.4 is 10.2 Å². The topological polar surface area (TPSA) is 79.0 Å². The summed E-state index contributed by atoms with van der Waals surface area (Å²) in [6.45, 7) is 9.14. The first-order valence-corrected chi connectivity index (χ1v) is 12.4. The van der Waals surface area contributed by atoms with E-state index in [1.807, 2.05) is 24.3 Å². The van der Waals surface area contributed by atoms with Crippen LogP contribution >= 0.6 is 11.3 Å². The van der Waals surface area contributed by atoms with Crippen molar-refractivity contribution in [3.8, 4) is 0 Å². The summed E-state index contributed by atoms with van der Waals surface area (Å²) < 4.78 is 32.4. The van der Waals surface area contributed by atoms with Gasteiger partial charge < -0.3 is 15.0 Å². The van der Waals surface area contributed by atoms with E-state index in [1.165, 1.54) is 15.6 Å². The third-order valence-corrected chi connectivity index (χ3v) is 8.50. The monoisotopic (exact) mass is 451 g/mol. The van der Waals surface area contributed by atoms with Crippen LogP contribution in [0.1, 0.15) is 36.0 Å². The molecule has 2 aromatic rings. The van der Waals surface area contributed by atoms with Gasteiger partial charge >= 0.3 is 0 Å². The molecular weight excluding hydrogens is 422 g/mol. The second kappa shape index (κ2) is 9.91. The third-order valence-electron chi connectivity index (χ3n) is 5.05. The van der Waals surface area contributed by atoms with Crippen LogP contribution in [-0.4, -0.2) is 57.5 Å². The molecule has 0 atom stereocenters. The fourth-order valence-electron chi connectivity index (χ4n) is 3.43. The molecule has 9 heteroatoms. The van der Waals surface area contributed by atoms with Crippen LogP contribution in [0.2, 0.25) is 0 Å². The summed E-state index contributed by atoms with van der Waals surface area (Å²) in [5, 5.41) is 2.87. The molecule has 0 spiro atoms. The maximum atomic E-state index is 12.7. The van der Waals surface area contributed by atoms with Crippen molar-refractivity contribution in [2.75, 3.05) is 37.7 Å². The van der Waals surface area contributed by atoms with Crippen LogP contribution in [0.5, 0.6) is 0 Å². The van der Waals surface area contributed by atoms with Gasteiger partial charge in [-0.05, 0) is 57.2 Å². The summed E-state index contributed by atoms with van der Waals surface area (Å²) in [6.07, 6.45) is 0. The van der Waals surface area contributed by atoms with Gasteiger partial charge in [0.2, 0.25) is 0 Å². The quantitative estimate of drug-likeness (QED) is 0.668. The lowest BCUT2D eigenvalue weighted by Gasteiger charge is -2.27. The summed E-state index contributed by atoms with van der Waals surface area (Å²) in [6, 6.07) is 11.3. The highest BCUT2D eigenvalue weighted by molar-refractivity contribution is 7.91. The van der Waals surface area contributed by atoms with Crippen LogP contribution in [-0.2, 0) is 21.3 Å². The Labute approximate surface area is 182 Å². The van der Waals surface area contributed by atoms with Gasteiger partial charge in [0.1, 0.15) is 4.21 Å². The molecule has 1 aromatic carbocycles. The van der Waals surface area contributed by atoms with Crippen molar-refractivity contribution in [2.24, 2.45) is 0 Å². The predicted octanol–water partition coefficient (Wildman–Crippen LogP) is 2.93. The number of benzene rings is 1. The van der Waals surface area contributed by atoms with E-state index in [2.05, 4.69) is 31.0 Å². The Morgan fingerprint density at radius 3 is 2.43 bits per heavy atom. The molecule has 0 aliphatic carbocycles. The Bertz CT molecular complexity index is 949. The van der Waals surface area contributed by atoms with Crippen LogP contribution in [0.15, 0.2) is 40.6 Å². The molecular formula is C21H29N3O4S2. The van der Waals surface area contributed by atoms with Gasteiger partial charge in [0.15, 0.2) is 0 Å². The molecule has 0 radical (unpaired) electrons. The van der Waals surface area contributed by atoms with E-state index in [9.17, 15) is 13.2 Å². The van der Waals surface area contributed by atoms with Crippen molar-refractivity contribution < 1.29 is 17.9 Å². The molecule has 1 saturated heterocycles. The van der Waals surface area contributed by atoms with Gasteiger partial charge in [-0.25, -0.2) is 8.42 Å². The minimum absolute atomic E-state index is 0.180. The number of hydrogen-bond donors (Lipinski definition) is 1. The summed E-state index contributed by atoms with van der Waals surface area (Å²) in [5.41, 5.74) is 1.66. The summed E-state index contributed by atoms with van der Waals surface area (Å²) in [7, 11) is -3.50. The number of morpholine rings is 1. The summed E-state index contributed by atoms with van der Waals surface area (Å²) in [4.78, 5) is 15.5. The smallest absolute Gasteiger partial charge is 0.252 e. The van der Waals surface area contributed by atoms with E-state index >= 15 is 0 Å². The number of nitrogens with one attached hydrogen (secondary N) is 1. The lowest BCUT2D eigenvalue weighted by Crippen LogP contribution is -2.40. The molecule has 0 saturated carbocycles. The molecule has 0 bridgehead atoms. The molecule has 30 heavy (non-hydrogen) atoms. The number of hydrogen-bond acceptors (Lipinski definition) is 6. The van der Waals surface area contributed by atoms with E-state index in [0.29, 0.717) is 42.1 Å². The lowest BCUT2D eigenvalue weighted by atomic mass is 10.1. The van der Waals surface area contributed by atoms with Crippen LogP contribution in [0.4, 0.5) is 5.69 Å². The van der Waals surface area contributed by atoms with Gasteiger partial charge in [-0.3, -0.25) is 4.79 Å². The third kappa shape index (κ3) is 5.21. The van der Waals surface area contributed by atoms with Crippen LogP contribution in [0.3, 0.4) is 0 Å². The number of amides is 1. The average Bonchev–Trinajstić information content (AvgIpc) is 3.23. The van der Waals surface area contributed by atoms with Crippen molar-refractivity contribution in [1.29, 1.82) is 0 Å². The highest BCUT2D eigenvalue weighted by atomic mass is 32.2. The predicted molar refractivity (Wildman–Crippen MR) is 120 cm³/mol. The Balaban J connectivity index is 1.60. The zero-order valence-electron chi connectivity index (χ0n) is 17.6. The lowest BCUT2D eigenvalue weighted by molar-refractivity contribution is 0.0731. The number of thiophene rings is 1. The number of rotatable bonds is 8. The highest BCUT2D eigenvalue weighted by Crippen LogP contribution is 2.25. The van der Waals surface area contributed by atoms with Crippen molar-refractivity contribution in [3.05, 3.63) is 46.8 Å². The highest BCUT2D eigenvalue weighted by Gasteiger charge is 2.27. The van der Waals surface area contributed by atoms with Crippen molar-refractivity contribution in [3.63, 3.8) is 0 Å². The van der Waals surface area contributed by atoms with Gasteiger partial charge in [-0.15, -0.1) is 11.3 Å². The molecule has 164 valence electrons. The van der Waals surface area contributed by atoms with E-state index in [1.54, 1.807) is 12.1 Å². The zero-order chi connectivity index (χ0) is 21.7. The molecule has 1 fully saturated rings. The largest absolute Gasteiger partial charge is 0.379 e. The first kappa shape index (κ1) is 22.7. The molecule has 1 amide bonds. The first-order valence-electron chi connectivity index (χ1n) is 10.1. The normalized spacial score (nSPS) is 15.3. The zero-order valence-corrected chi connectivity index (χ0v) is 19.3. The fraction of sp³-hybridized carbons (Fsp3) is 0.476. The first-order chi connectivity index (χ1) is 14.3. The summed E-state index contributed by atoms with van der Waals surface area (Å²) >= 11 is 1.19. The van der Waals surface area contributed by atoms with Gasteiger partial charge in [0.05, 0.1) is 19.8 Å². The molecule has 1 aromatic heterocycles. The molecule has 1 aliphatic heterocycles. The van der Waals surface area contributed by atoms with E-state index in [0.717, 1.165) is 17.1 Å². The fourth-order valence-corrected chi connectivity index (χ4v) is 6.28. The standard InChI is InChI=1S/C21H29N3O4S2/c1-4-24(16(2)3)18-7-5-17(6-8-18)21(25)22-15-19-9-10-20(29-19)30(26,27)23-11-13-28-14-12-23/h5-10,16H,4,11-15H2,1-3H3,(H,22,25). The SMILES string of the molecule is CCN(c1ccc(C(=O)NCc2ccc(S(=O)(=O)N3CCOCC3)s2)cc1)C(C)C. The molecule has 3 rings (SSSR count). The Morgan fingerprint density at radius 1 is 1.17 bits per heavy atom. The molecule has 1 aliphatic rings. The van der Waals surface area contributed by atoms with Crippen molar-refractivity contribution in [2.45, 2.75) is 37.6 Å². The maximum absolute atomic E-state index is 12.7. The number of carbonyl (C=O) groups is 1. The number of anilines is 1. The van der Waals surface area contributed by atoms with Gasteiger partial charge in [-0.1, -0.05) is 0 Å². The minimum Gasteiger partial charge on any atom is -0.379 e. The number of ether oxygens (including phenoxy) is 1. The summed E-state index contributed by atoms with van der Waals surface area (Å²) in [5.74, 6) is -0.180. The Morgan fingerprint density at radius 2 is 1.83 bits per heavy atom. The molecule has 7 nitrogen and oxygen atoms in total. The number of nitrogens with zero attached hydrogens (tertiary/aromatic N) is 2. The van der Waals surface area contributed by atoms with Crippen LogP contribution in [0.25, 0.3) is 0 Å². The second-order valence-electron chi connectivity index (χ2n) is 7.35. The van der Waals surface area contributed by atoms with E-state index in [-0.39, 0.29) is 12.5 Å². The van der Waals surface area contributed by atoms with Crippen molar-refractivity contribution in [1.82, 2.24) is 9.62 Å². The number of sulfonamides is 1. The van der Waals surface area contributed by atoms with E-state index < -0.39 is 10.0 Å². The molecule has 0 unspecified atom stereocenters. The minimum atomic E-state index is -3.50. The maximum Gasteiger partial charge on any atom is 0.252 e. The van der Waals surface area contributed by atoms with Gasteiger partial charge in [-0.2, -0.15) is 4.31 Å². The van der Waals surface area contributed by atoms with Gasteiger partial charge in [0, 0.05) is 41.8 Å². The molecule has 2 heterocycles. The van der Waals surface area contributed by atoms with E-state index in [4.69, 9.17) is 4.74 Å². The molecule has 1 N–H and O–H groups in total.